The van der Waals surface area contributed by atoms with Gasteiger partial charge in [0, 0.05) is 18.3 Å². The Labute approximate surface area is 153 Å². The summed E-state index contributed by atoms with van der Waals surface area (Å²) in [5.74, 6) is -0.401. The second-order valence-corrected chi connectivity index (χ2v) is 5.89. The maximum Gasteiger partial charge on any atom is 0.416 e. The fourth-order valence-electron chi connectivity index (χ4n) is 2.39. The van der Waals surface area contributed by atoms with Gasteiger partial charge in [-0.15, -0.1) is 0 Å². The van der Waals surface area contributed by atoms with Gasteiger partial charge in [-0.25, -0.2) is 4.98 Å². The third kappa shape index (κ3) is 4.11. The van der Waals surface area contributed by atoms with Gasteiger partial charge in [-0.05, 0) is 31.2 Å². The number of rotatable bonds is 3. The summed E-state index contributed by atoms with van der Waals surface area (Å²) < 4.78 is 38.1. The first-order valence-corrected chi connectivity index (χ1v) is 7.96. The molecule has 0 aliphatic carbocycles. The summed E-state index contributed by atoms with van der Waals surface area (Å²) in [6.07, 6.45) is -0.131. The lowest BCUT2D eigenvalue weighted by Crippen LogP contribution is -2.27. The first kappa shape index (κ1) is 18.5. The van der Waals surface area contributed by atoms with Crippen molar-refractivity contribution in [1.82, 2.24) is 15.0 Å². The van der Waals surface area contributed by atoms with Crippen LogP contribution in [0.25, 0.3) is 11.3 Å². The molecule has 0 atom stereocenters. The van der Waals surface area contributed by atoms with Crippen molar-refractivity contribution in [3.8, 4) is 11.3 Å². The zero-order valence-electron chi connectivity index (χ0n) is 14.5. The van der Waals surface area contributed by atoms with Crippen LogP contribution in [0, 0.1) is 6.92 Å². The molecule has 138 valence electrons. The number of alkyl halides is 3. The van der Waals surface area contributed by atoms with Crippen molar-refractivity contribution in [3.05, 3.63) is 71.9 Å². The SMILES string of the molecule is Cc1ccc(N(C)C(=O)c2cncc(-c3ccc(C(F)(F)F)cc3)n2)cn1. The Morgan fingerprint density at radius 1 is 1.00 bits per heavy atom. The number of anilines is 1. The second-order valence-electron chi connectivity index (χ2n) is 5.89. The predicted molar refractivity (Wildman–Crippen MR) is 94.2 cm³/mol. The molecule has 0 saturated carbocycles. The molecular formula is C19H15F3N4O. The first-order valence-electron chi connectivity index (χ1n) is 7.96. The molecule has 5 nitrogen and oxygen atoms in total. The lowest BCUT2D eigenvalue weighted by atomic mass is 10.1. The van der Waals surface area contributed by atoms with Crippen LogP contribution in [0.15, 0.2) is 55.0 Å². The molecule has 27 heavy (non-hydrogen) atoms. The van der Waals surface area contributed by atoms with E-state index in [0.717, 1.165) is 17.8 Å². The molecule has 0 fully saturated rings. The third-order valence-electron chi connectivity index (χ3n) is 3.95. The summed E-state index contributed by atoms with van der Waals surface area (Å²) in [5.41, 5.74) is 1.49. The van der Waals surface area contributed by atoms with Crippen LogP contribution in [0.5, 0.6) is 0 Å². The van der Waals surface area contributed by atoms with Gasteiger partial charge in [-0.3, -0.25) is 14.8 Å². The number of carbonyl (C=O) groups excluding carboxylic acids is 1. The Morgan fingerprint density at radius 3 is 2.30 bits per heavy atom. The summed E-state index contributed by atoms with van der Waals surface area (Å²) in [5, 5.41) is 0. The maximum absolute atomic E-state index is 12.7. The number of carbonyl (C=O) groups is 1. The number of nitrogens with zero attached hydrogens (tertiary/aromatic N) is 4. The monoisotopic (exact) mass is 372 g/mol. The minimum atomic E-state index is -4.41. The Balaban J connectivity index is 1.86. The Bertz CT molecular complexity index is 954. The van der Waals surface area contributed by atoms with Crippen molar-refractivity contribution in [2.75, 3.05) is 11.9 Å². The number of pyridine rings is 1. The van der Waals surface area contributed by atoms with Crippen molar-refractivity contribution < 1.29 is 18.0 Å². The molecule has 2 aromatic heterocycles. The van der Waals surface area contributed by atoms with E-state index < -0.39 is 17.6 Å². The smallest absolute Gasteiger partial charge is 0.309 e. The Kier molecular flexibility index (Phi) is 4.89. The molecule has 0 spiro atoms. The molecule has 8 heteroatoms. The minimum absolute atomic E-state index is 0.0791. The zero-order chi connectivity index (χ0) is 19.6. The molecule has 3 aromatic rings. The number of benzene rings is 1. The van der Waals surface area contributed by atoms with Gasteiger partial charge in [0.25, 0.3) is 5.91 Å². The number of hydrogen-bond acceptors (Lipinski definition) is 4. The molecule has 2 heterocycles. The van der Waals surface area contributed by atoms with Gasteiger partial charge in [0.15, 0.2) is 0 Å². The summed E-state index contributed by atoms with van der Waals surface area (Å²) in [7, 11) is 1.58. The van der Waals surface area contributed by atoms with Crippen molar-refractivity contribution in [3.63, 3.8) is 0 Å². The second kappa shape index (κ2) is 7.14. The molecule has 0 radical (unpaired) electrons. The van der Waals surface area contributed by atoms with Gasteiger partial charge in [0.1, 0.15) is 5.69 Å². The van der Waals surface area contributed by atoms with Gasteiger partial charge in [-0.2, -0.15) is 13.2 Å². The Morgan fingerprint density at radius 2 is 1.70 bits per heavy atom. The summed E-state index contributed by atoms with van der Waals surface area (Å²) in [6.45, 7) is 1.84. The van der Waals surface area contributed by atoms with E-state index in [2.05, 4.69) is 15.0 Å². The van der Waals surface area contributed by atoms with Crippen LogP contribution in [0.3, 0.4) is 0 Å². The molecule has 0 unspecified atom stereocenters. The van der Waals surface area contributed by atoms with E-state index in [0.29, 0.717) is 16.9 Å². The summed E-state index contributed by atoms with van der Waals surface area (Å²) in [4.78, 5) is 26.4. The van der Waals surface area contributed by atoms with Crippen molar-refractivity contribution in [2.24, 2.45) is 0 Å². The highest BCUT2D eigenvalue weighted by atomic mass is 19.4. The van der Waals surface area contributed by atoms with Crippen LogP contribution in [0.1, 0.15) is 21.7 Å². The number of aryl methyl sites for hydroxylation is 1. The minimum Gasteiger partial charge on any atom is -0.309 e. The molecular weight excluding hydrogens is 357 g/mol. The molecule has 0 N–H and O–H groups in total. The van der Waals surface area contributed by atoms with Gasteiger partial charge < -0.3 is 4.90 Å². The van der Waals surface area contributed by atoms with Gasteiger partial charge >= 0.3 is 6.18 Å². The fraction of sp³-hybridized carbons (Fsp3) is 0.158. The van der Waals surface area contributed by atoms with Crippen LogP contribution >= 0.6 is 0 Å². The molecule has 0 bridgehead atoms. The number of amides is 1. The molecule has 1 aromatic carbocycles. The highest BCUT2D eigenvalue weighted by Crippen LogP contribution is 2.30. The van der Waals surface area contributed by atoms with E-state index in [-0.39, 0.29) is 5.69 Å². The Hall–Kier alpha value is -3.29. The standard InChI is InChI=1S/C19H15F3N4O/c1-12-3-8-15(9-24-12)26(2)18(27)17-11-23-10-16(25-17)13-4-6-14(7-5-13)19(20,21)22/h3-11H,1-2H3. The molecule has 3 rings (SSSR count). The number of hydrogen-bond donors (Lipinski definition) is 0. The molecule has 0 saturated heterocycles. The van der Waals surface area contributed by atoms with E-state index in [1.54, 1.807) is 25.4 Å². The van der Waals surface area contributed by atoms with Crippen molar-refractivity contribution in [2.45, 2.75) is 13.1 Å². The van der Waals surface area contributed by atoms with Crippen LogP contribution in [0.4, 0.5) is 18.9 Å². The van der Waals surface area contributed by atoms with E-state index in [4.69, 9.17) is 0 Å². The largest absolute Gasteiger partial charge is 0.416 e. The van der Waals surface area contributed by atoms with E-state index >= 15 is 0 Å². The first-order chi connectivity index (χ1) is 12.8. The number of halogens is 3. The molecule has 0 aliphatic rings. The van der Waals surface area contributed by atoms with E-state index in [9.17, 15) is 18.0 Å². The van der Waals surface area contributed by atoms with Gasteiger partial charge in [0.2, 0.25) is 0 Å². The van der Waals surface area contributed by atoms with Crippen LogP contribution in [-0.4, -0.2) is 27.9 Å². The molecule has 1 amide bonds. The van der Waals surface area contributed by atoms with E-state index in [1.807, 2.05) is 6.92 Å². The van der Waals surface area contributed by atoms with E-state index in [1.165, 1.54) is 29.4 Å². The van der Waals surface area contributed by atoms with Gasteiger partial charge in [0.05, 0.1) is 35.5 Å². The van der Waals surface area contributed by atoms with Crippen LogP contribution in [-0.2, 0) is 6.18 Å². The molecule has 0 aliphatic heterocycles. The lowest BCUT2D eigenvalue weighted by molar-refractivity contribution is -0.137. The zero-order valence-corrected chi connectivity index (χ0v) is 14.5. The number of aromatic nitrogens is 3. The van der Waals surface area contributed by atoms with Gasteiger partial charge in [-0.1, -0.05) is 12.1 Å². The van der Waals surface area contributed by atoms with Crippen LogP contribution < -0.4 is 4.90 Å². The summed E-state index contributed by atoms with van der Waals surface area (Å²) in [6, 6.07) is 8.07. The fourth-order valence-corrected chi connectivity index (χ4v) is 2.39. The average molecular weight is 372 g/mol. The topological polar surface area (TPSA) is 59.0 Å². The predicted octanol–water partition coefficient (Wildman–Crippen LogP) is 4.14. The highest BCUT2D eigenvalue weighted by molar-refractivity contribution is 6.04. The highest BCUT2D eigenvalue weighted by Gasteiger charge is 2.30. The lowest BCUT2D eigenvalue weighted by Gasteiger charge is -2.16. The maximum atomic E-state index is 12.7. The van der Waals surface area contributed by atoms with Crippen LogP contribution in [0.2, 0.25) is 0 Å². The normalized spacial score (nSPS) is 11.3. The quantitative estimate of drug-likeness (QED) is 0.693. The summed E-state index contributed by atoms with van der Waals surface area (Å²) >= 11 is 0. The van der Waals surface area contributed by atoms with Crippen molar-refractivity contribution in [1.29, 1.82) is 0 Å². The van der Waals surface area contributed by atoms with Crippen molar-refractivity contribution >= 4 is 11.6 Å². The third-order valence-corrected chi connectivity index (χ3v) is 3.95. The average Bonchev–Trinajstić information content (AvgIpc) is 2.67.